The van der Waals surface area contributed by atoms with E-state index in [9.17, 15) is 4.79 Å². The van der Waals surface area contributed by atoms with Gasteiger partial charge in [0.2, 0.25) is 5.91 Å². The fourth-order valence-electron chi connectivity index (χ4n) is 3.97. The molecule has 5 rings (SSSR count). The van der Waals surface area contributed by atoms with Crippen molar-refractivity contribution in [2.75, 3.05) is 13.1 Å². The number of aromatic nitrogens is 4. The first-order chi connectivity index (χ1) is 13.8. The second-order valence-corrected chi connectivity index (χ2v) is 9.05. The smallest absolute Gasteiger partial charge is 0.222 e. The molecule has 1 aliphatic heterocycles. The lowest BCUT2D eigenvalue weighted by Gasteiger charge is -2.31. The van der Waals surface area contributed by atoms with E-state index >= 15 is 0 Å². The molecular weight excluding hydrogens is 370 g/mol. The second kappa shape index (κ2) is 7.62. The number of thiazole rings is 1. The maximum Gasteiger partial charge on any atom is 0.222 e. The van der Waals surface area contributed by atoms with Gasteiger partial charge in [0.25, 0.3) is 0 Å². The van der Waals surface area contributed by atoms with Gasteiger partial charge in [-0.1, -0.05) is 12.1 Å². The lowest BCUT2D eigenvalue weighted by Crippen LogP contribution is -2.38. The molecule has 3 aromatic rings. The molecule has 1 aliphatic carbocycles. The molecule has 1 amide bonds. The molecule has 2 fully saturated rings. The van der Waals surface area contributed by atoms with Gasteiger partial charge in [-0.05, 0) is 50.7 Å². The van der Waals surface area contributed by atoms with Crippen LogP contribution in [0.3, 0.4) is 0 Å². The van der Waals surface area contributed by atoms with Crippen LogP contribution in [-0.2, 0) is 11.2 Å². The summed E-state index contributed by atoms with van der Waals surface area (Å²) in [7, 11) is 0. The van der Waals surface area contributed by atoms with Crippen LogP contribution in [0, 0.1) is 0 Å². The first-order valence-electron chi connectivity index (χ1n) is 10.3. The molecule has 0 bridgehead atoms. The minimum atomic E-state index is 0.274. The maximum atomic E-state index is 12.6. The fraction of sp³-hybridized carbons (Fsp3) is 0.524. The number of carbonyl (C=O) groups is 1. The van der Waals surface area contributed by atoms with E-state index in [1.165, 1.54) is 17.5 Å². The summed E-state index contributed by atoms with van der Waals surface area (Å²) in [6, 6.07) is 8.22. The van der Waals surface area contributed by atoms with Crippen LogP contribution in [0.5, 0.6) is 0 Å². The Labute approximate surface area is 168 Å². The second-order valence-electron chi connectivity index (χ2n) is 7.94. The quantitative estimate of drug-likeness (QED) is 0.684. The van der Waals surface area contributed by atoms with E-state index in [-0.39, 0.29) is 5.91 Å². The molecule has 2 aromatic heterocycles. The van der Waals surface area contributed by atoms with Crippen molar-refractivity contribution in [3.05, 3.63) is 40.9 Å². The standard InChI is InChI=1S/C21H25N5OS/c27-19(7-3-6-18-22-16-4-1-2-5-17(16)28-18)26-12-10-15(11-13-26)21-23-20(24-25-21)14-8-9-14/h1-2,4-5,14-15H,3,6-13H2,(H,23,24,25). The maximum absolute atomic E-state index is 12.6. The number of para-hydroxylation sites is 1. The van der Waals surface area contributed by atoms with E-state index in [0.717, 1.165) is 60.9 Å². The molecule has 1 saturated heterocycles. The van der Waals surface area contributed by atoms with E-state index < -0.39 is 0 Å². The van der Waals surface area contributed by atoms with Crippen LogP contribution >= 0.6 is 11.3 Å². The Morgan fingerprint density at radius 1 is 1.11 bits per heavy atom. The number of hydrogen-bond acceptors (Lipinski definition) is 5. The summed E-state index contributed by atoms with van der Waals surface area (Å²) < 4.78 is 1.23. The zero-order valence-electron chi connectivity index (χ0n) is 15.9. The summed E-state index contributed by atoms with van der Waals surface area (Å²) in [4.78, 5) is 24.0. The molecule has 6 nitrogen and oxygen atoms in total. The van der Waals surface area contributed by atoms with Gasteiger partial charge in [0.15, 0.2) is 5.82 Å². The summed E-state index contributed by atoms with van der Waals surface area (Å²) in [6.45, 7) is 1.65. The van der Waals surface area contributed by atoms with Crippen molar-refractivity contribution in [1.82, 2.24) is 25.1 Å². The minimum absolute atomic E-state index is 0.274. The summed E-state index contributed by atoms with van der Waals surface area (Å²) in [5, 5.41) is 8.63. The van der Waals surface area contributed by atoms with Crippen molar-refractivity contribution in [3.63, 3.8) is 0 Å². The fourth-order valence-corrected chi connectivity index (χ4v) is 4.98. The molecule has 28 heavy (non-hydrogen) atoms. The molecule has 2 aliphatic rings. The van der Waals surface area contributed by atoms with Crippen molar-refractivity contribution >= 4 is 27.5 Å². The van der Waals surface area contributed by atoms with Gasteiger partial charge in [-0.3, -0.25) is 9.89 Å². The molecule has 0 unspecified atom stereocenters. The first kappa shape index (κ1) is 17.8. The Hall–Kier alpha value is -2.28. The number of carbonyl (C=O) groups excluding carboxylic acids is 1. The van der Waals surface area contributed by atoms with E-state index in [0.29, 0.717) is 18.3 Å². The van der Waals surface area contributed by atoms with Gasteiger partial charge in [0, 0.05) is 31.3 Å². The van der Waals surface area contributed by atoms with Crippen molar-refractivity contribution in [2.24, 2.45) is 0 Å². The number of nitrogens with zero attached hydrogens (tertiary/aromatic N) is 4. The van der Waals surface area contributed by atoms with Gasteiger partial charge in [-0.15, -0.1) is 11.3 Å². The van der Waals surface area contributed by atoms with Gasteiger partial charge in [0.05, 0.1) is 15.2 Å². The molecule has 0 atom stereocenters. The number of aromatic amines is 1. The number of benzene rings is 1. The van der Waals surface area contributed by atoms with Crippen LogP contribution < -0.4 is 0 Å². The zero-order chi connectivity index (χ0) is 18.9. The molecule has 0 radical (unpaired) electrons. The number of nitrogens with one attached hydrogen (secondary N) is 1. The lowest BCUT2D eigenvalue weighted by molar-refractivity contribution is -0.132. The Balaban J connectivity index is 1.08. The number of fused-ring (bicyclic) bond motifs is 1. The van der Waals surface area contributed by atoms with Crippen LogP contribution in [-0.4, -0.2) is 44.1 Å². The summed E-state index contributed by atoms with van der Waals surface area (Å²) in [6.07, 6.45) is 6.75. The Morgan fingerprint density at radius 3 is 2.71 bits per heavy atom. The van der Waals surface area contributed by atoms with Crippen LogP contribution in [0.2, 0.25) is 0 Å². The number of piperidine rings is 1. The van der Waals surface area contributed by atoms with Gasteiger partial charge in [-0.25, -0.2) is 9.97 Å². The predicted octanol–water partition coefficient (Wildman–Crippen LogP) is 4.02. The highest BCUT2D eigenvalue weighted by Gasteiger charge is 2.30. The lowest BCUT2D eigenvalue weighted by atomic mass is 9.96. The van der Waals surface area contributed by atoms with Crippen molar-refractivity contribution < 1.29 is 4.79 Å². The van der Waals surface area contributed by atoms with Crippen LogP contribution in [0.15, 0.2) is 24.3 Å². The highest BCUT2D eigenvalue weighted by atomic mass is 32.1. The third kappa shape index (κ3) is 3.81. The molecule has 7 heteroatoms. The van der Waals surface area contributed by atoms with Crippen molar-refractivity contribution in [1.29, 1.82) is 0 Å². The summed E-state index contributed by atoms with van der Waals surface area (Å²) >= 11 is 1.74. The third-order valence-corrected chi connectivity index (χ3v) is 6.91. The van der Waals surface area contributed by atoms with Gasteiger partial charge in [-0.2, -0.15) is 5.10 Å². The average molecular weight is 396 g/mol. The topological polar surface area (TPSA) is 74.8 Å². The number of rotatable bonds is 6. The van der Waals surface area contributed by atoms with Crippen molar-refractivity contribution in [3.8, 4) is 0 Å². The van der Waals surface area contributed by atoms with E-state index in [1.807, 2.05) is 23.1 Å². The monoisotopic (exact) mass is 395 g/mol. The molecule has 3 heterocycles. The number of likely N-dealkylation sites (tertiary alicyclic amines) is 1. The molecule has 146 valence electrons. The van der Waals surface area contributed by atoms with E-state index in [1.54, 1.807) is 11.3 Å². The number of amides is 1. The van der Waals surface area contributed by atoms with Gasteiger partial charge in [0.1, 0.15) is 5.82 Å². The predicted molar refractivity (Wildman–Crippen MR) is 109 cm³/mol. The Kier molecular flexibility index (Phi) is 4.84. The normalized spacial score (nSPS) is 18.1. The van der Waals surface area contributed by atoms with Crippen LogP contribution in [0.1, 0.15) is 67.0 Å². The molecule has 1 aromatic carbocycles. The van der Waals surface area contributed by atoms with Gasteiger partial charge < -0.3 is 4.90 Å². The SMILES string of the molecule is O=C(CCCc1nc2ccccc2s1)N1CCC(c2nc(C3CC3)n[nH]2)CC1. The summed E-state index contributed by atoms with van der Waals surface area (Å²) in [5.74, 6) is 3.28. The van der Waals surface area contributed by atoms with Crippen LogP contribution in [0.25, 0.3) is 10.2 Å². The Morgan fingerprint density at radius 2 is 1.93 bits per heavy atom. The number of aryl methyl sites for hydroxylation is 1. The first-order valence-corrected chi connectivity index (χ1v) is 11.1. The highest BCUT2D eigenvalue weighted by molar-refractivity contribution is 7.18. The van der Waals surface area contributed by atoms with Crippen LogP contribution in [0.4, 0.5) is 0 Å². The van der Waals surface area contributed by atoms with E-state index in [2.05, 4.69) is 21.2 Å². The number of hydrogen-bond donors (Lipinski definition) is 1. The van der Waals surface area contributed by atoms with Crippen molar-refractivity contribution in [2.45, 2.75) is 56.8 Å². The third-order valence-electron chi connectivity index (χ3n) is 5.82. The zero-order valence-corrected chi connectivity index (χ0v) is 16.7. The average Bonchev–Trinajstić information content (AvgIpc) is 3.30. The molecule has 1 N–H and O–H groups in total. The summed E-state index contributed by atoms with van der Waals surface area (Å²) in [5.41, 5.74) is 1.06. The number of H-pyrrole nitrogens is 1. The molecular formula is C21H25N5OS. The Bertz CT molecular complexity index is 935. The highest BCUT2D eigenvalue weighted by Crippen LogP contribution is 2.38. The largest absolute Gasteiger partial charge is 0.343 e. The molecule has 0 spiro atoms. The van der Waals surface area contributed by atoms with E-state index in [4.69, 9.17) is 4.98 Å². The molecule has 1 saturated carbocycles. The van der Waals surface area contributed by atoms with Gasteiger partial charge >= 0.3 is 0 Å². The minimum Gasteiger partial charge on any atom is -0.343 e.